The minimum absolute atomic E-state index is 0.0918. The first-order valence-corrected chi connectivity index (χ1v) is 12.4. The molecule has 4 bridgehead atoms. The Bertz CT molecular complexity index is 1190. The first-order chi connectivity index (χ1) is 15.9. The van der Waals surface area contributed by atoms with Crippen LogP contribution in [0.1, 0.15) is 71.4 Å². The molecule has 3 aromatic heterocycles. The van der Waals surface area contributed by atoms with Crippen LogP contribution in [0.15, 0.2) is 30.6 Å². The van der Waals surface area contributed by atoms with E-state index in [0.29, 0.717) is 22.6 Å². The Morgan fingerprint density at radius 2 is 1.91 bits per heavy atom. The molecule has 0 aromatic carbocycles. The van der Waals surface area contributed by atoms with E-state index in [0.717, 1.165) is 41.9 Å². The summed E-state index contributed by atoms with van der Waals surface area (Å²) in [5, 5.41) is 3.06. The molecule has 3 heterocycles. The van der Waals surface area contributed by atoms with Gasteiger partial charge >= 0.3 is 0 Å². The number of nitrogens with one attached hydrogen (secondary N) is 1. The first-order valence-electron chi connectivity index (χ1n) is 11.6. The normalized spacial score (nSPS) is 28.0. The Balaban J connectivity index is 1.38. The van der Waals surface area contributed by atoms with E-state index >= 15 is 0 Å². The molecule has 3 aromatic rings. The number of aromatic nitrogens is 2. The molecule has 7 rings (SSSR count). The maximum Gasteiger partial charge on any atom is 0.264 e. The van der Waals surface area contributed by atoms with Crippen LogP contribution in [0.5, 0.6) is 0 Å². The molecule has 33 heavy (non-hydrogen) atoms. The van der Waals surface area contributed by atoms with Crippen molar-refractivity contribution in [2.75, 3.05) is 5.73 Å². The summed E-state index contributed by atoms with van der Waals surface area (Å²) in [5.41, 5.74) is 7.80. The van der Waals surface area contributed by atoms with Gasteiger partial charge in [-0.2, -0.15) is 0 Å². The predicted molar refractivity (Wildman–Crippen MR) is 124 cm³/mol. The third-order valence-corrected chi connectivity index (χ3v) is 9.03. The van der Waals surface area contributed by atoms with Crippen molar-refractivity contribution in [1.29, 1.82) is 0 Å². The number of pyridine rings is 2. The predicted octanol–water partition coefficient (Wildman–Crippen LogP) is 5.61. The van der Waals surface area contributed by atoms with Gasteiger partial charge in [0.2, 0.25) is 0 Å². The molecule has 4 saturated carbocycles. The number of alkyl halides is 2. The molecule has 4 aliphatic carbocycles. The molecule has 172 valence electrons. The van der Waals surface area contributed by atoms with E-state index in [2.05, 4.69) is 10.3 Å². The van der Waals surface area contributed by atoms with Crippen molar-refractivity contribution in [3.05, 3.63) is 52.3 Å². The van der Waals surface area contributed by atoms with Crippen LogP contribution in [0.3, 0.4) is 0 Å². The minimum atomic E-state index is -2.67. The van der Waals surface area contributed by atoms with Crippen molar-refractivity contribution in [3.63, 3.8) is 0 Å². The molecule has 0 radical (unpaired) electrons. The van der Waals surface area contributed by atoms with E-state index < -0.39 is 6.43 Å². The van der Waals surface area contributed by atoms with Crippen LogP contribution in [0.25, 0.3) is 10.2 Å². The topological polar surface area (TPSA) is 80.9 Å². The van der Waals surface area contributed by atoms with Crippen molar-refractivity contribution in [2.45, 2.75) is 56.9 Å². The fourth-order valence-electron chi connectivity index (χ4n) is 6.95. The molecule has 5 nitrogen and oxygen atoms in total. The lowest BCUT2D eigenvalue weighted by Gasteiger charge is -2.56. The van der Waals surface area contributed by atoms with Crippen LogP contribution in [0, 0.1) is 17.8 Å². The van der Waals surface area contributed by atoms with Crippen LogP contribution in [0.4, 0.5) is 14.5 Å². The lowest BCUT2D eigenvalue weighted by molar-refractivity contribution is -0.00717. The largest absolute Gasteiger partial charge is 0.397 e. The number of hydrogen-bond acceptors (Lipinski definition) is 5. The highest BCUT2D eigenvalue weighted by atomic mass is 32.1. The highest BCUT2D eigenvalue weighted by Gasteiger charge is 2.52. The van der Waals surface area contributed by atoms with Crippen LogP contribution in [0.2, 0.25) is 0 Å². The zero-order valence-electron chi connectivity index (χ0n) is 18.2. The summed E-state index contributed by atoms with van der Waals surface area (Å²) in [6, 6.07) is 5.25. The second kappa shape index (κ2) is 7.72. The number of fused-ring (bicyclic) bond motifs is 1. The number of nitrogens with zero attached hydrogens (tertiary/aromatic N) is 2. The molecule has 0 spiro atoms. The minimum Gasteiger partial charge on any atom is -0.397 e. The van der Waals surface area contributed by atoms with Gasteiger partial charge in [-0.3, -0.25) is 9.78 Å². The van der Waals surface area contributed by atoms with Gasteiger partial charge < -0.3 is 11.1 Å². The third-order valence-electron chi connectivity index (χ3n) is 7.93. The van der Waals surface area contributed by atoms with Gasteiger partial charge in [-0.15, -0.1) is 11.3 Å². The summed E-state index contributed by atoms with van der Waals surface area (Å²) in [4.78, 5) is 22.5. The number of anilines is 1. The first kappa shape index (κ1) is 21.0. The van der Waals surface area contributed by atoms with Crippen LogP contribution < -0.4 is 11.1 Å². The highest BCUT2D eigenvalue weighted by molar-refractivity contribution is 7.21. The molecule has 0 atom stereocenters. The van der Waals surface area contributed by atoms with E-state index in [1.807, 2.05) is 6.07 Å². The zero-order valence-corrected chi connectivity index (χ0v) is 19.0. The van der Waals surface area contributed by atoms with Gasteiger partial charge in [0.25, 0.3) is 12.3 Å². The Labute approximate surface area is 194 Å². The smallest absolute Gasteiger partial charge is 0.264 e. The number of nitrogens with two attached hydrogens (primary N) is 1. The number of amides is 1. The molecule has 0 aliphatic heterocycles. The summed E-state index contributed by atoms with van der Waals surface area (Å²) in [7, 11) is 0. The van der Waals surface area contributed by atoms with Crippen molar-refractivity contribution in [2.24, 2.45) is 17.8 Å². The number of carbonyl (C=O) groups is 1. The average Bonchev–Trinajstić information content (AvgIpc) is 3.13. The van der Waals surface area contributed by atoms with Crippen molar-refractivity contribution in [1.82, 2.24) is 15.3 Å². The summed E-state index contributed by atoms with van der Waals surface area (Å²) >= 11 is 1.12. The molecule has 4 fully saturated rings. The van der Waals surface area contributed by atoms with Gasteiger partial charge in [0.1, 0.15) is 9.71 Å². The Kier molecular flexibility index (Phi) is 4.90. The average molecular weight is 469 g/mol. The summed E-state index contributed by atoms with van der Waals surface area (Å²) in [5.74, 6) is 1.68. The van der Waals surface area contributed by atoms with Crippen LogP contribution >= 0.6 is 11.3 Å². The number of hydrogen-bond donors (Lipinski definition) is 2. The van der Waals surface area contributed by atoms with E-state index in [1.54, 1.807) is 24.5 Å². The zero-order chi connectivity index (χ0) is 22.7. The molecule has 1 amide bonds. The van der Waals surface area contributed by atoms with Crippen molar-refractivity contribution >= 4 is 33.1 Å². The SMILES string of the molecule is Nc1c(C(=O)NCc2cccnc2)sc2nc(C34CC5CC(CC(C5)C3)C4)cc(C(F)F)c12. The highest BCUT2D eigenvalue weighted by Crippen LogP contribution is 2.61. The lowest BCUT2D eigenvalue weighted by atomic mass is 9.48. The molecular weight excluding hydrogens is 442 g/mol. The molecular formula is C25H26F2N4OS. The van der Waals surface area contributed by atoms with Crippen LogP contribution in [-0.4, -0.2) is 15.9 Å². The Hall–Kier alpha value is -2.61. The molecule has 3 N–H and O–H groups in total. The third kappa shape index (κ3) is 3.50. The number of carbonyl (C=O) groups excluding carboxylic acids is 1. The maximum absolute atomic E-state index is 14.2. The number of halogens is 2. The van der Waals surface area contributed by atoms with Gasteiger partial charge in [0.15, 0.2) is 0 Å². The standard InChI is InChI=1S/C25H26F2N4OS/c26-22(27)17-7-18(25-8-14-4-15(9-25)6-16(5-14)10-25)31-24-19(17)20(28)21(33-24)23(32)30-12-13-2-1-3-29-11-13/h1-3,7,11,14-16,22H,4-6,8-10,12,28H2,(H,30,32). The molecule has 8 heteroatoms. The molecule has 0 saturated heterocycles. The van der Waals surface area contributed by atoms with Crippen molar-refractivity contribution in [3.8, 4) is 0 Å². The van der Waals surface area contributed by atoms with Gasteiger partial charge in [0, 0.05) is 41.0 Å². The van der Waals surface area contributed by atoms with E-state index in [-0.39, 0.29) is 39.4 Å². The van der Waals surface area contributed by atoms with Gasteiger partial charge in [0.05, 0.1) is 5.69 Å². The molecule has 0 unspecified atom stereocenters. The van der Waals surface area contributed by atoms with Gasteiger partial charge in [-0.25, -0.2) is 13.8 Å². The quantitative estimate of drug-likeness (QED) is 0.510. The van der Waals surface area contributed by atoms with Crippen LogP contribution in [-0.2, 0) is 12.0 Å². The summed E-state index contributed by atoms with van der Waals surface area (Å²) in [6.45, 7) is 0.286. The Morgan fingerprint density at radius 3 is 2.52 bits per heavy atom. The molecule has 4 aliphatic rings. The summed E-state index contributed by atoms with van der Waals surface area (Å²) < 4.78 is 28.4. The second-order valence-electron chi connectivity index (χ2n) is 10.2. The maximum atomic E-state index is 14.2. The lowest BCUT2D eigenvalue weighted by Crippen LogP contribution is -2.49. The second-order valence-corrected chi connectivity index (χ2v) is 11.2. The number of nitrogen functional groups attached to an aromatic ring is 1. The van der Waals surface area contributed by atoms with Gasteiger partial charge in [-0.1, -0.05) is 6.07 Å². The van der Waals surface area contributed by atoms with E-state index in [9.17, 15) is 13.6 Å². The fourth-order valence-corrected chi connectivity index (χ4v) is 8.00. The van der Waals surface area contributed by atoms with E-state index in [1.165, 1.54) is 19.3 Å². The van der Waals surface area contributed by atoms with E-state index in [4.69, 9.17) is 10.7 Å². The summed E-state index contributed by atoms with van der Waals surface area (Å²) in [6.07, 6.45) is 7.60. The number of rotatable bonds is 5. The number of thiophene rings is 1. The van der Waals surface area contributed by atoms with Gasteiger partial charge in [-0.05, 0) is 74.0 Å². The van der Waals surface area contributed by atoms with Crippen molar-refractivity contribution < 1.29 is 13.6 Å². The Morgan fingerprint density at radius 1 is 1.21 bits per heavy atom. The fraction of sp³-hybridized carbons (Fsp3) is 0.480. The monoisotopic (exact) mass is 468 g/mol.